The number of carbonyl (C=O) groups is 1. The predicted molar refractivity (Wildman–Crippen MR) is 86.0 cm³/mol. The minimum atomic E-state index is -0.298. The maximum atomic E-state index is 13.9. The Balaban J connectivity index is 1.53. The van der Waals surface area contributed by atoms with Gasteiger partial charge in [-0.1, -0.05) is 17.7 Å². The zero-order chi connectivity index (χ0) is 17.1. The molecule has 1 aromatic carbocycles. The van der Waals surface area contributed by atoms with Gasteiger partial charge in [0.15, 0.2) is 0 Å². The molecule has 3 rings (SSSR count). The van der Waals surface area contributed by atoms with E-state index < -0.39 is 0 Å². The molecule has 128 valence electrons. The van der Waals surface area contributed by atoms with Crippen molar-refractivity contribution in [3.05, 3.63) is 46.4 Å². The number of aromatic nitrogens is 2. The highest BCUT2D eigenvalue weighted by molar-refractivity contribution is 6.31. The Morgan fingerprint density at radius 2 is 2.04 bits per heavy atom. The first-order valence-corrected chi connectivity index (χ1v) is 8.12. The monoisotopic (exact) mass is 352 g/mol. The average molecular weight is 353 g/mol. The fourth-order valence-corrected chi connectivity index (χ4v) is 2.94. The van der Waals surface area contributed by atoms with Gasteiger partial charge in [-0.3, -0.25) is 9.69 Å². The minimum Gasteiger partial charge on any atom is -0.425 e. The van der Waals surface area contributed by atoms with Crippen molar-refractivity contribution in [1.82, 2.24) is 20.0 Å². The minimum absolute atomic E-state index is 0.0396. The molecule has 0 N–H and O–H groups in total. The molecule has 1 aliphatic rings. The van der Waals surface area contributed by atoms with E-state index in [0.717, 1.165) is 0 Å². The third-order valence-corrected chi connectivity index (χ3v) is 4.39. The number of amides is 1. The van der Waals surface area contributed by atoms with Crippen LogP contribution < -0.4 is 0 Å². The van der Waals surface area contributed by atoms with E-state index in [9.17, 15) is 9.18 Å². The second kappa shape index (κ2) is 7.27. The Kier molecular flexibility index (Phi) is 5.11. The second-order valence-electron chi connectivity index (χ2n) is 5.75. The molecule has 0 saturated carbocycles. The van der Waals surface area contributed by atoms with E-state index in [1.54, 1.807) is 24.0 Å². The zero-order valence-electron chi connectivity index (χ0n) is 13.3. The van der Waals surface area contributed by atoms with Crippen molar-refractivity contribution in [2.75, 3.05) is 26.2 Å². The van der Waals surface area contributed by atoms with Crippen LogP contribution in [0.15, 0.2) is 22.6 Å². The van der Waals surface area contributed by atoms with Crippen LogP contribution in [0.2, 0.25) is 5.02 Å². The van der Waals surface area contributed by atoms with Crippen LogP contribution in [0.1, 0.15) is 17.3 Å². The van der Waals surface area contributed by atoms with Gasteiger partial charge in [0, 0.05) is 50.2 Å². The largest absolute Gasteiger partial charge is 0.425 e. The van der Waals surface area contributed by atoms with E-state index in [2.05, 4.69) is 15.1 Å². The molecule has 0 bridgehead atoms. The molecule has 2 aromatic rings. The lowest BCUT2D eigenvalue weighted by Gasteiger charge is -2.34. The van der Waals surface area contributed by atoms with Gasteiger partial charge < -0.3 is 9.32 Å². The van der Waals surface area contributed by atoms with E-state index in [-0.39, 0.29) is 18.1 Å². The van der Waals surface area contributed by atoms with Gasteiger partial charge >= 0.3 is 0 Å². The molecule has 8 heteroatoms. The van der Waals surface area contributed by atoms with E-state index in [1.807, 2.05) is 0 Å². The molecule has 0 spiro atoms. The molecule has 0 radical (unpaired) electrons. The Morgan fingerprint density at radius 1 is 1.29 bits per heavy atom. The fraction of sp³-hybridized carbons (Fsp3) is 0.438. The second-order valence-corrected chi connectivity index (χ2v) is 6.16. The summed E-state index contributed by atoms with van der Waals surface area (Å²) >= 11 is 6.07. The van der Waals surface area contributed by atoms with Crippen molar-refractivity contribution >= 4 is 17.5 Å². The number of rotatable bonds is 4. The highest BCUT2D eigenvalue weighted by atomic mass is 35.5. The van der Waals surface area contributed by atoms with Crippen molar-refractivity contribution in [3.8, 4) is 0 Å². The summed E-state index contributed by atoms with van der Waals surface area (Å²) in [6, 6.07) is 4.69. The average Bonchev–Trinajstić information content (AvgIpc) is 2.96. The lowest BCUT2D eigenvalue weighted by molar-refractivity contribution is -0.132. The van der Waals surface area contributed by atoms with Crippen molar-refractivity contribution in [3.63, 3.8) is 0 Å². The number of aryl methyl sites for hydroxylation is 1. The van der Waals surface area contributed by atoms with Gasteiger partial charge in [-0.25, -0.2) is 4.39 Å². The van der Waals surface area contributed by atoms with Crippen LogP contribution in [-0.2, 0) is 17.8 Å². The molecular weight excluding hydrogens is 335 g/mol. The summed E-state index contributed by atoms with van der Waals surface area (Å²) in [5.41, 5.74) is 0.500. The smallest absolute Gasteiger partial charge is 0.232 e. The van der Waals surface area contributed by atoms with Gasteiger partial charge in [-0.05, 0) is 12.1 Å². The van der Waals surface area contributed by atoms with Crippen molar-refractivity contribution in [2.45, 2.75) is 19.9 Å². The highest BCUT2D eigenvalue weighted by Crippen LogP contribution is 2.21. The third-order valence-electron chi connectivity index (χ3n) is 4.04. The van der Waals surface area contributed by atoms with Crippen LogP contribution in [0.4, 0.5) is 4.39 Å². The molecule has 1 saturated heterocycles. The Morgan fingerprint density at radius 3 is 2.67 bits per heavy atom. The van der Waals surface area contributed by atoms with E-state index in [1.165, 1.54) is 6.07 Å². The zero-order valence-corrected chi connectivity index (χ0v) is 14.1. The molecule has 2 heterocycles. The number of nitrogens with zero attached hydrogens (tertiary/aromatic N) is 4. The third kappa shape index (κ3) is 3.91. The predicted octanol–water partition coefficient (Wildman–Crippen LogP) is 2.06. The topological polar surface area (TPSA) is 62.5 Å². The Hall–Kier alpha value is -1.99. The molecule has 1 aliphatic heterocycles. The van der Waals surface area contributed by atoms with Crippen molar-refractivity contribution in [2.24, 2.45) is 0 Å². The van der Waals surface area contributed by atoms with E-state index in [4.69, 9.17) is 16.0 Å². The number of carbonyl (C=O) groups excluding carboxylic acids is 1. The van der Waals surface area contributed by atoms with Crippen LogP contribution in [0.3, 0.4) is 0 Å². The van der Waals surface area contributed by atoms with Crippen LogP contribution >= 0.6 is 11.6 Å². The Bertz CT molecular complexity index is 708. The van der Waals surface area contributed by atoms with Gasteiger partial charge in [0.1, 0.15) is 12.2 Å². The van der Waals surface area contributed by atoms with E-state index >= 15 is 0 Å². The first-order chi connectivity index (χ1) is 11.5. The molecular formula is C16H18ClFN4O2. The van der Waals surface area contributed by atoms with Gasteiger partial charge in [0.05, 0.1) is 0 Å². The lowest BCUT2D eigenvalue weighted by Crippen LogP contribution is -2.48. The Labute approximate surface area is 144 Å². The number of halogens is 2. The summed E-state index contributed by atoms with van der Waals surface area (Å²) in [7, 11) is 0. The first-order valence-electron chi connectivity index (χ1n) is 7.75. The molecule has 1 aromatic heterocycles. The number of piperazine rings is 1. The molecule has 6 nitrogen and oxygen atoms in total. The van der Waals surface area contributed by atoms with Gasteiger partial charge in [-0.15, -0.1) is 10.2 Å². The van der Waals surface area contributed by atoms with Gasteiger partial charge in [0.25, 0.3) is 0 Å². The van der Waals surface area contributed by atoms with Crippen LogP contribution in [0, 0.1) is 12.7 Å². The maximum absolute atomic E-state index is 13.9. The van der Waals surface area contributed by atoms with Crippen LogP contribution in [-0.4, -0.2) is 52.1 Å². The fourth-order valence-electron chi connectivity index (χ4n) is 2.71. The van der Waals surface area contributed by atoms with Crippen LogP contribution in [0.5, 0.6) is 0 Å². The van der Waals surface area contributed by atoms with Crippen molar-refractivity contribution in [1.29, 1.82) is 0 Å². The summed E-state index contributed by atoms with van der Waals surface area (Å²) in [6.07, 6.45) is 0.111. The van der Waals surface area contributed by atoms with Crippen molar-refractivity contribution < 1.29 is 13.6 Å². The van der Waals surface area contributed by atoms with Gasteiger partial charge in [-0.2, -0.15) is 0 Å². The quantitative estimate of drug-likeness (QED) is 0.842. The molecule has 1 fully saturated rings. The number of hydrogen-bond donors (Lipinski definition) is 0. The summed E-state index contributed by atoms with van der Waals surface area (Å²) in [5, 5.41) is 7.99. The maximum Gasteiger partial charge on any atom is 0.232 e. The van der Waals surface area contributed by atoms with Gasteiger partial charge in [0.2, 0.25) is 17.7 Å². The molecule has 1 amide bonds. The number of benzene rings is 1. The summed E-state index contributed by atoms with van der Waals surface area (Å²) in [5.74, 6) is 0.442. The lowest BCUT2D eigenvalue weighted by atomic mass is 10.1. The molecule has 0 atom stereocenters. The summed E-state index contributed by atoms with van der Waals surface area (Å²) in [6.45, 7) is 4.62. The standard InChI is InChI=1S/C16H18ClFN4O2/c1-11-19-20-15(24-11)9-16(23)22-7-5-21(6-8-22)10-12-13(17)3-2-4-14(12)18/h2-4H,5-10H2,1H3. The van der Waals surface area contributed by atoms with Crippen LogP contribution in [0.25, 0.3) is 0 Å². The summed E-state index contributed by atoms with van der Waals surface area (Å²) in [4.78, 5) is 16.1. The highest BCUT2D eigenvalue weighted by Gasteiger charge is 2.23. The molecule has 0 aliphatic carbocycles. The normalized spacial score (nSPS) is 15.7. The first kappa shape index (κ1) is 16.9. The molecule has 0 unspecified atom stereocenters. The molecule has 24 heavy (non-hydrogen) atoms. The summed E-state index contributed by atoms with van der Waals surface area (Å²) < 4.78 is 19.1. The SMILES string of the molecule is Cc1nnc(CC(=O)N2CCN(Cc3c(F)cccc3Cl)CC2)o1. The number of hydrogen-bond acceptors (Lipinski definition) is 5. The van der Waals surface area contributed by atoms with E-state index in [0.29, 0.717) is 55.1 Å².